The third kappa shape index (κ3) is 5.17. The van der Waals surface area contributed by atoms with E-state index in [1.807, 2.05) is 4.90 Å². The highest BCUT2D eigenvalue weighted by Gasteiger charge is 2.33. The van der Waals surface area contributed by atoms with E-state index in [0.717, 1.165) is 6.07 Å². The van der Waals surface area contributed by atoms with Gasteiger partial charge in [-0.05, 0) is 30.2 Å². The van der Waals surface area contributed by atoms with E-state index in [2.05, 4.69) is 25.3 Å². The van der Waals surface area contributed by atoms with Gasteiger partial charge in [0.05, 0.1) is 11.7 Å². The number of nitrogens with two attached hydrogens (primary N) is 3. The molecule has 1 fully saturated rings. The van der Waals surface area contributed by atoms with Crippen LogP contribution in [-0.2, 0) is 20.0 Å². The van der Waals surface area contributed by atoms with Gasteiger partial charge in [-0.1, -0.05) is 0 Å². The van der Waals surface area contributed by atoms with E-state index in [1.165, 1.54) is 6.07 Å². The topological polar surface area (TPSA) is 236 Å². The van der Waals surface area contributed by atoms with Crippen molar-refractivity contribution >= 4 is 25.7 Å². The summed E-state index contributed by atoms with van der Waals surface area (Å²) in [6, 6.07) is 2.62. The number of rotatable bonds is 8. The highest BCUT2D eigenvalue weighted by molar-refractivity contribution is 7.92. The number of primary sulfonamides is 1. The average Bonchev–Trinajstić information content (AvgIpc) is 3.25. The van der Waals surface area contributed by atoms with Crippen molar-refractivity contribution in [3.8, 4) is 11.4 Å². The summed E-state index contributed by atoms with van der Waals surface area (Å²) in [4.78, 5) is 0.596. The van der Waals surface area contributed by atoms with Gasteiger partial charge >= 0.3 is 0 Å². The van der Waals surface area contributed by atoms with Crippen LogP contribution in [-0.4, -0.2) is 80.9 Å². The molecule has 1 aliphatic rings. The first-order valence-electron chi connectivity index (χ1n) is 9.36. The van der Waals surface area contributed by atoms with E-state index in [1.54, 1.807) is 0 Å². The van der Waals surface area contributed by atoms with Crippen LogP contribution >= 0.6 is 0 Å². The summed E-state index contributed by atoms with van der Waals surface area (Å²) < 4.78 is 53.1. The highest BCUT2D eigenvalue weighted by atomic mass is 32.2. The summed E-state index contributed by atoms with van der Waals surface area (Å²) in [5.74, 6) is -0.132. The zero-order chi connectivity index (χ0) is 22.8. The van der Waals surface area contributed by atoms with Crippen LogP contribution in [0.5, 0.6) is 0 Å². The quantitative estimate of drug-likeness (QED) is 0.225. The number of sulfonamides is 2. The zero-order valence-electron chi connectivity index (χ0n) is 16.5. The van der Waals surface area contributed by atoms with Crippen LogP contribution in [0.3, 0.4) is 0 Å². The SMILES string of the molecule is NC[C@@H](O)CNS(=O)(=O)c1ccc(N2CCC(N)CC2)c(-c2nn[nH]n2)c1S(N)(=O)=O. The minimum absolute atomic E-state index is 0.0143. The number of H-pyrrole nitrogens is 1. The molecule has 1 aliphatic heterocycles. The smallest absolute Gasteiger partial charge is 0.242 e. The summed E-state index contributed by atoms with van der Waals surface area (Å²) >= 11 is 0. The van der Waals surface area contributed by atoms with Gasteiger partial charge in [-0.2, -0.15) is 5.21 Å². The van der Waals surface area contributed by atoms with Crippen LogP contribution in [0.15, 0.2) is 21.9 Å². The number of piperidine rings is 1. The third-order valence-corrected chi connectivity index (χ3v) is 7.49. The molecule has 2 heterocycles. The van der Waals surface area contributed by atoms with Crippen molar-refractivity contribution in [2.75, 3.05) is 31.1 Å². The fourth-order valence-corrected chi connectivity index (χ4v) is 5.97. The lowest BCUT2D eigenvalue weighted by atomic mass is 10.0. The van der Waals surface area contributed by atoms with Gasteiger partial charge in [0.15, 0.2) is 0 Å². The molecular weight excluding hydrogens is 450 g/mol. The Bertz CT molecular complexity index is 1110. The molecule has 0 saturated carbocycles. The van der Waals surface area contributed by atoms with Crippen LogP contribution in [0.1, 0.15) is 12.8 Å². The Morgan fingerprint density at radius 3 is 2.48 bits per heavy atom. The standard InChI is InChI=1S/C15H25N9O5S2/c16-7-10(25)8-19-31(28,29)12-2-1-11(24-5-3-9(17)4-6-24)13(14(12)30(18,26)27)15-20-22-23-21-15/h1-2,9-10,19,25H,3-8,16-17H2,(H2,18,26,27)(H,20,21,22,23)/t10-/m1/s1. The van der Waals surface area contributed by atoms with E-state index in [0.29, 0.717) is 31.6 Å². The number of aliphatic hydroxyl groups excluding tert-OH is 1. The molecule has 0 aliphatic carbocycles. The summed E-state index contributed by atoms with van der Waals surface area (Å²) in [5, 5.41) is 28.4. The second-order valence-corrected chi connectivity index (χ2v) is 10.4. The van der Waals surface area contributed by atoms with Gasteiger partial charge in [-0.15, -0.1) is 10.2 Å². The predicted octanol–water partition coefficient (Wildman–Crippen LogP) is -2.96. The van der Waals surface area contributed by atoms with Crippen molar-refractivity contribution in [1.29, 1.82) is 0 Å². The van der Waals surface area contributed by atoms with Gasteiger partial charge in [0.2, 0.25) is 25.9 Å². The number of benzene rings is 1. The maximum absolute atomic E-state index is 12.9. The van der Waals surface area contributed by atoms with E-state index < -0.39 is 42.5 Å². The molecule has 1 aromatic carbocycles. The van der Waals surface area contributed by atoms with Crippen molar-refractivity contribution in [2.24, 2.45) is 16.6 Å². The molecule has 3 rings (SSSR count). The predicted molar refractivity (Wildman–Crippen MR) is 111 cm³/mol. The second kappa shape index (κ2) is 9.11. The molecule has 1 saturated heterocycles. The van der Waals surface area contributed by atoms with E-state index in [9.17, 15) is 21.9 Å². The first-order valence-corrected chi connectivity index (χ1v) is 12.4. The molecule has 9 N–H and O–H groups in total. The minimum atomic E-state index is -4.57. The molecular formula is C15H25N9O5S2. The largest absolute Gasteiger partial charge is 0.390 e. The molecule has 0 amide bonds. The van der Waals surface area contributed by atoms with E-state index >= 15 is 0 Å². The lowest BCUT2D eigenvalue weighted by Crippen LogP contribution is -2.40. The van der Waals surface area contributed by atoms with Gasteiger partial charge in [-0.25, -0.2) is 26.7 Å². The van der Waals surface area contributed by atoms with Gasteiger partial charge in [0.1, 0.15) is 9.79 Å². The van der Waals surface area contributed by atoms with E-state index in [-0.39, 0.29) is 24.0 Å². The summed E-state index contributed by atoms with van der Waals surface area (Å²) in [7, 11) is -8.97. The Morgan fingerprint density at radius 2 is 1.94 bits per heavy atom. The zero-order valence-corrected chi connectivity index (χ0v) is 18.1. The molecule has 2 aromatic rings. The molecule has 31 heavy (non-hydrogen) atoms. The summed E-state index contributed by atoms with van der Waals surface area (Å²) in [6.07, 6.45) is 0.172. The van der Waals surface area contributed by atoms with Gasteiger partial charge in [-0.3, -0.25) is 0 Å². The first kappa shape index (κ1) is 23.5. The lowest BCUT2D eigenvalue weighted by Gasteiger charge is -2.33. The fourth-order valence-electron chi connectivity index (χ4n) is 3.30. The first-order chi connectivity index (χ1) is 14.5. The number of aromatic nitrogens is 4. The fraction of sp³-hybridized carbons (Fsp3) is 0.533. The second-order valence-electron chi connectivity index (χ2n) is 7.13. The summed E-state index contributed by atoms with van der Waals surface area (Å²) in [5.41, 5.74) is 11.6. The van der Waals surface area contributed by atoms with Gasteiger partial charge in [0.25, 0.3) is 0 Å². The molecule has 0 bridgehead atoms. The van der Waals surface area contributed by atoms with Crippen LogP contribution in [0.4, 0.5) is 5.69 Å². The average molecular weight is 476 g/mol. The van der Waals surface area contributed by atoms with Crippen LogP contribution in [0, 0.1) is 0 Å². The van der Waals surface area contributed by atoms with Crippen LogP contribution < -0.4 is 26.2 Å². The van der Waals surface area contributed by atoms with E-state index in [4.69, 9.17) is 16.6 Å². The van der Waals surface area contributed by atoms with Crippen molar-refractivity contribution in [3.63, 3.8) is 0 Å². The Morgan fingerprint density at radius 1 is 1.26 bits per heavy atom. The maximum Gasteiger partial charge on any atom is 0.242 e. The summed E-state index contributed by atoms with van der Waals surface area (Å²) in [6.45, 7) is 0.438. The molecule has 1 atom stereocenters. The number of nitrogens with one attached hydrogen (secondary N) is 2. The molecule has 0 unspecified atom stereocenters. The molecule has 1 aromatic heterocycles. The van der Waals surface area contributed by atoms with Crippen LogP contribution in [0.2, 0.25) is 0 Å². The molecule has 14 nitrogen and oxygen atoms in total. The number of nitrogens with zero attached hydrogens (tertiary/aromatic N) is 4. The number of aliphatic hydroxyl groups is 1. The number of hydrogen-bond acceptors (Lipinski definition) is 11. The minimum Gasteiger partial charge on any atom is -0.390 e. The molecule has 0 spiro atoms. The molecule has 16 heteroatoms. The molecule has 172 valence electrons. The monoisotopic (exact) mass is 475 g/mol. The normalized spacial score (nSPS) is 17.1. The number of tetrazole rings is 1. The number of anilines is 1. The van der Waals surface area contributed by atoms with Crippen molar-refractivity contribution in [3.05, 3.63) is 12.1 Å². The third-order valence-electron chi connectivity index (χ3n) is 4.90. The van der Waals surface area contributed by atoms with Gasteiger partial charge < -0.3 is 21.5 Å². The van der Waals surface area contributed by atoms with Gasteiger partial charge in [0, 0.05) is 37.9 Å². The number of aromatic amines is 1. The van der Waals surface area contributed by atoms with Crippen molar-refractivity contribution in [2.45, 2.75) is 34.8 Å². The highest BCUT2D eigenvalue weighted by Crippen LogP contribution is 2.39. The Kier molecular flexibility index (Phi) is 6.89. The molecule has 0 radical (unpaired) electrons. The van der Waals surface area contributed by atoms with Crippen molar-refractivity contribution in [1.82, 2.24) is 25.3 Å². The Hall–Kier alpha value is -2.21. The van der Waals surface area contributed by atoms with Crippen molar-refractivity contribution < 1.29 is 21.9 Å². The lowest BCUT2D eigenvalue weighted by molar-refractivity contribution is 0.186. The van der Waals surface area contributed by atoms with Crippen LogP contribution in [0.25, 0.3) is 11.4 Å². The Balaban J connectivity index is 2.21. The maximum atomic E-state index is 12.9. The Labute approximate surface area is 179 Å². The number of hydrogen-bond donors (Lipinski definition) is 6.